The van der Waals surface area contributed by atoms with Crippen LogP contribution >= 0.6 is 11.3 Å². The van der Waals surface area contributed by atoms with Crippen LogP contribution in [0.5, 0.6) is 11.5 Å². The highest BCUT2D eigenvalue weighted by molar-refractivity contribution is 7.07. The van der Waals surface area contributed by atoms with Crippen molar-refractivity contribution < 1.29 is 4.74 Å². The van der Waals surface area contributed by atoms with E-state index in [1.165, 1.54) is 22.5 Å². The highest BCUT2D eigenvalue weighted by Gasteiger charge is 2.02. The predicted octanol–water partition coefficient (Wildman–Crippen LogP) is 6.07. The summed E-state index contributed by atoms with van der Waals surface area (Å²) in [5.41, 5.74) is 7.25. The lowest BCUT2D eigenvalue weighted by Crippen LogP contribution is -1.85. The lowest BCUT2D eigenvalue weighted by molar-refractivity contribution is 0.483. The van der Waals surface area contributed by atoms with E-state index in [9.17, 15) is 0 Å². The van der Waals surface area contributed by atoms with Gasteiger partial charge in [0.15, 0.2) is 5.51 Å². The van der Waals surface area contributed by atoms with Crippen LogP contribution in [0.15, 0.2) is 84.2 Å². The summed E-state index contributed by atoms with van der Waals surface area (Å²) in [6.45, 7) is 0. The third-order valence-electron chi connectivity index (χ3n) is 3.74. The maximum absolute atomic E-state index is 5.92. The molecular formula is C21H14NOS. The van der Waals surface area contributed by atoms with E-state index in [4.69, 9.17) is 4.74 Å². The number of thiazole rings is 1. The fourth-order valence-corrected chi connectivity index (χ4v) is 3.00. The van der Waals surface area contributed by atoms with Crippen molar-refractivity contribution in [3.05, 3.63) is 89.8 Å². The zero-order valence-corrected chi connectivity index (χ0v) is 13.7. The molecule has 0 unspecified atom stereocenters. The normalized spacial score (nSPS) is 10.5. The topological polar surface area (TPSA) is 22.1 Å². The molecule has 3 heteroatoms. The van der Waals surface area contributed by atoms with E-state index in [1.54, 1.807) is 0 Å². The van der Waals surface area contributed by atoms with E-state index >= 15 is 0 Å². The molecule has 4 aromatic rings. The summed E-state index contributed by atoms with van der Waals surface area (Å²) in [6, 6.07) is 26.4. The summed E-state index contributed by atoms with van der Waals surface area (Å²) in [6.07, 6.45) is 0. The number of hydrogen-bond acceptors (Lipinski definition) is 3. The van der Waals surface area contributed by atoms with Crippen LogP contribution in [0.25, 0.3) is 22.4 Å². The molecule has 1 heterocycles. The molecule has 1 radical (unpaired) electrons. The van der Waals surface area contributed by atoms with Crippen LogP contribution in [0.1, 0.15) is 0 Å². The average molecular weight is 328 g/mol. The van der Waals surface area contributed by atoms with Gasteiger partial charge in [0.05, 0.1) is 5.69 Å². The van der Waals surface area contributed by atoms with Crippen LogP contribution in [0, 0.1) is 5.51 Å². The zero-order chi connectivity index (χ0) is 16.2. The standard InChI is InChI=1S/C21H14NOS/c1-2-4-16(5-3-1)17-6-10-19(11-7-17)23-20-12-8-18(9-13-20)21-14-24-15-22-21/h1-14H. The quantitative estimate of drug-likeness (QED) is 0.453. The van der Waals surface area contributed by atoms with Gasteiger partial charge in [0.25, 0.3) is 0 Å². The van der Waals surface area contributed by atoms with Gasteiger partial charge in [-0.2, -0.15) is 0 Å². The Morgan fingerprint density at radius 2 is 1.25 bits per heavy atom. The SMILES string of the molecule is [c]1nc(-c2ccc(Oc3ccc(-c4ccccc4)cc3)cc2)cs1. The Kier molecular flexibility index (Phi) is 4.09. The lowest BCUT2D eigenvalue weighted by atomic mass is 10.1. The highest BCUT2D eigenvalue weighted by atomic mass is 32.1. The van der Waals surface area contributed by atoms with Crippen molar-refractivity contribution in [3.63, 3.8) is 0 Å². The maximum Gasteiger partial charge on any atom is 0.152 e. The van der Waals surface area contributed by atoms with Gasteiger partial charge in [0.2, 0.25) is 0 Å². The molecule has 0 bridgehead atoms. The molecule has 0 atom stereocenters. The number of aromatic nitrogens is 1. The fraction of sp³-hybridized carbons (Fsp3) is 0. The molecule has 2 nitrogen and oxygen atoms in total. The van der Waals surface area contributed by atoms with Gasteiger partial charge < -0.3 is 4.74 Å². The van der Waals surface area contributed by atoms with E-state index in [2.05, 4.69) is 34.8 Å². The minimum atomic E-state index is 0.811. The van der Waals surface area contributed by atoms with Crippen molar-refractivity contribution >= 4 is 11.3 Å². The molecule has 115 valence electrons. The Hall–Kier alpha value is -2.91. The number of benzene rings is 3. The summed E-state index contributed by atoms with van der Waals surface area (Å²) >= 11 is 1.47. The molecule has 0 saturated carbocycles. The van der Waals surface area contributed by atoms with Crippen molar-refractivity contribution in [2.24, 2.45) is 0 Å². The Labute approximate surface area is 145 Å². The van der Waals surface area contributed by atoms with Gasteiger partial charge in [-0.1, -0.05) is 42.5 Å². The molecule has 0 aliphatic carbocycles. The second-order valence-corrected chi connectivity index (χ2v) is 5.99. The van der Waals surface area contributed by atoms with Gasteiger partial charge in [-0.25, -0.2) is 4.98 Å². The molecule has 3 aromatic carbocycles. The largest absolute Gasteiger partial charge is 0.457 e. The highest BCUT2D eigenvalue weighted by Crippen LogP contribution is 2.27. The van der Waals surface area contributed by atoms with Crippen LogP contribution in [-0.2, 0) is 0 Å². The molecule has 0 amide bonds. The van der Waals surface area contributed by atoms with Gasteiger partial charge in [-0.15, -0.1) is 11.3 Å². The monoisotopic (exact) mass is 328 g/mol. The molecule has 4 rings (SSSR count). The van der Waals surface area contributed by atoms with E-state index in [1.807, 2.05) is 60.0 Å². The number of rotatable bonds is 4. The van der Waals surface area contributed by atoms with Gasteiger partial charge in [0.1, 0.15) is 11.5 Å². The summed E-state index contributed by atoms with van der Waals surface area (Å²) in [7, 11) is 0. The zero-order valence-electron chi connectivity index (χ0n) is 12.8. The Bertz CT molecular complexity index is 898. The van der Waals surface area contributed by atoms with Crippen LogP contribution in [0.3, 0.4) is 0 Å². The molecule has 0 aliphatic heterocycles. The minimum absolute atomic E-state index is 0.811. The molecular weight excluding hydrogens is 314 g/mol. The number of nitrogens with zero attached hydrogens (tertiary/aromatic N) is 1. The Morgan fingerprint density at radius 3 is 1.83 bits per heavy atom. The lowest BCUT2D eigenvalue weighted by Gasteiger charge is -2.08. The van der Waals surface area contributed by atoms with Gasteiger partial charge in [-0.05, 0) is 47.5 Å². The van der Waals surface area contributed by atoms with E-state index < -0.39 is 0 Å². The first-order valence-electron chi connectivity index (χ1n) is 7.64. The van der Waals surface area contributed by atoms with Crippen molar-refractivity contribution in [1.29, 1.82) is 0 Å². The summed E-state index contributed by atoms with van der Waals surface area (Å²) < 4.78 is 5.92. The fourth-order valence-electron chi connectivity index (χ4n) is 2.49. The molecule has 0 saturated heterocycles. The minimum Gasteiger partial charge on any atom is -0.457 e. The first-order chi connectivity index (χ1) is 11.9. The van der Waals surface area contributed by atoms with Crippen LogP contribution in [0.4, 0.5) is 0 Å². The number of hydrogen-bond donors (Lipinski definition) is 0. The van der Waals surface area contributed by atoms with Crippen molar-refractivity contribution in [2.75, 3.05) is 0 Å². The predicted molar refractivity (Wildman–Crippen MR) is 98.3 cm³/mol. The molecule has 1 aromatic heterocycles. The van der Waals surface area contributed by atoms with Crippen molar-refractivity contribution in [3.8, 4) is 33.9 Å². The second-order valence-electron chi connectivity index (χ2n) is 5.34. The van der Waals surface area contributed by atoms with E-state index in [-0.39, 0.29) is 0 Å². The van der Waals surface area contributed by atoms with Crippen molar-refractivity contribution in [1.82, 2.24) is 4.98 Å². The summed E-state index contributed by atoms with van der Waals surface area (Å²) in [5, 5.41) is 1.98. The van der Waals surface area contributed by atoms with Crippen LogP contribution in [0.2, 0.25) is 0 Å². The van der Waals surface area contributed by atoms with Crippen molar-refractivity contribution in [2.45, 2.75) is 0 Å². The van der Waals surface area contributed by atoms with Crippen LogP contribution in [-0.4, -0.2) is 4.98 Å². The average Bonchev–Trinajstić information content (AvgIpc) is 3.18. The second kappa shape index (κ2) is 6.69. The van der Waals surface area contributed by atoms with Gasteiger partial charge in [0, 0.05) is 10.9 Å². The Balaban J connectivity index is 1.49. The smallest absolute Gasteiger partial charge is 0.152 e. The van der Waals surface area contributed by atoms with Gasteiger partial charge in [-0.3, -0.25) is 0 Å². The summed E-state index contributed by atoms with van der Waals surface area (Å²) in [4.78, 5) is 4.19. The molecule has 0 spiro atoms. The third kappa shape index (κ3) is 3.21. The van der Waals surface area contributed by atoms with Gasteiger partial charge >= 0.3 is 0 Å². The third-order valence-corrected chi connectivity index (χ3v) is 4.27. The maximum atomic E-state index is 5.92. The molecule has 0 N–H and O–H groups in total. The van der Waals surface area contributed by atoms with E-state index in [0.29, 0.717) is 0 Å². The van der Waals surface area contributed by atoms with Crippen LogP contribution < -0.4 is 4.74 Å². The molecule has 24 heavy (non-hydrogen) atoms. The van der Waals surface area contributed by atoms with E-state index in [0.717, 1.165) is 22.8 Å². The number of ether oxygens (including phenoxy) is 1. The molecule has 0 aliphatic rings. The molecule has 0 fully saturated rings. The first kappa shape index (κ1) is 14.7. The Morgan fingerprint density at radius 1 is 0.667 bits per heavy atom. The summed E-state index contributed by atoms with van der Waals surface area (Å²) in [5.74, 6) is 1.63. The first-order valence-corrected chi connectivity index (χ1v) is 8.52.